The summed E-state index contributed by atoms with van der Waals surface area (Å²) in [7, 11) is 10.8. The molecule has 0 aliphatic carbocycles. The zero-order chi connectivity index (χ0) is 75.9. The molecule has 0 bridgehead atoms. The van der Waals surface area contributed by atoms with Crippen LogP contribution in [-0.2, 0) is 98.8 Å². The molecule has 98 heavy (non-hydrogen) atoms. The highest BCUT2D eigenvalue weighted by molar-refractivity contribution is 5.96. The molecule has 28 nitrogen and oxygen atoms in total. The zero-order valence-electron chi connectivity index (χ0n) is 62.1. The Kier molecular flexibility index (Phi) is 39.9. The van der Waals surface area contributed by atoms with Crippen LogP contribution in [0.15, 0.2) is 60.7 Å². The van der Waals surface area contributed by atoms with Gasteiger partial charge in [-0.25, -0.2) is 28.8 Å². The first-order valence-electron chi connectivity index (χ1n) is 33.4. The Balaban J connectivity index is 0. The van der Waals surface area contributed by atoms with E-state index in [1.54, 1.807) is 76.2 Å². The molecule has 2 fully saturated rings. The maximum atomic E-state index is 14.1. The predicted molar refractivity (Wildman–Crippen MR) is 367 cm³/mol. The number of esters is 6. The lowest BCUT2D eigenvalue weighted by Crippen LogP contribution is -2.56. The molecule has 2 aliphatic rings. The number of amides is 6. The standard InChI is InChI=1S/2C33H49N3O9.C2H6.CH3NO2.CH5N.H2/c2*1-11-19(3)26-32(41)44-22(6)28(37)34(8)21(5)31(40)43-23(7)29(38)35(9)27(20(4)12-2)33(42)45-25(30(39)36(26)10)18-24-16-14-13-15-17-24;1-2;1-2(3)4;1-2;/h2*13-17,19-23,25-27H,11-12,18H2,1-10H3;1-2H3;1H3;2H2,1H3;1H/t2*19?,20?,21-,22+,23+,25+,26-,27-;;;;/m00..../s1. The van der Waals surface area contributed by atoms with E-state index in [2.05, 4.69) is 5.73 Å². The van der Waals surface area contributed by atoms with E-state index < -0.39 is 173 Å². The lowest BCUT2D eigenvalue weighted by Gasteiger charge is -2.36. The SMILES string of the molecule is CC.CCC(C)[C@H]1C(=O)O[C@H](Cc2ccccc2)C(=O)N(C)[C@@H](C(C)CC)C(=O)O[C@H](C)C(=O)N(C)[C@@H](C)C(=O)O[C@H](C)C(=O)N1C.CCC(C)[C@H]1C(=O)O[C@H](Cc2ccccc2)C(=O)N(C)[C@@H](C(C)CC)C(=O)O[C@H](C)C(=O)N(C)[C@@H](C)C(=O)O[C@H](C)C(=O)N1C.CN.C[N+](=O)[O-].[HH]. The van der Waals surface area contributed by atoms with Gasteiger partial charge in [0.25, 0.3) is 35.4 Å². The fourth-order valence-corrected chi connectivity index (χ4v) is 10.5. The van der Waals surface area contributed by atoms with Gasteiger partial charge in [0.2, 0.25) is 0 Å². The lowest BCUT2D eigenvalue weighted by atomic mass is 9.96. The van der Waals surface area contributed by atoms with Gasteiger partial charge in [-0.2, -0.15) is 0 Å². The molecule has 0 aromatic heterocycles. The van der Waals surface area contributed by atoms with Gasteiger partial charge in [-0.05, 0) is 83.4 Å². The maximum absolute atomic E-state index is 14.1. The Bertz CT molecular complexity index is 2740. The molecule has 4 unspecified atom stereocenters. The van der Waals surface area contributed by atoms with Crippen LogP contribution in [0.5, 0.6) is 0 Å². The van der Waals surface area contributed by atoms with Crippen molar-refractivity contribution >= 4 is 71.3 Å². The third-order valence-corrected chi connectivity index (χ3v) is 17.5. The molecular weight excluding hydrogens is 1270 g/mol. The van der Waals surface area contributed by atoms with Crippen LogP contribution in [0.4, 0.5) is 0 Å². The van der Waals surface area contributed by atoms with Crippen molar-refractivity contribution in [2.45, 2.75) is 222 Å². The van der Waals surface area contributed by atoms with Gasteiger partial charge in [-0.3, -0.25) is 38.9 Å². The number of cyclic esters (lactones) is 6. The summed E-state index contributed by atoms with van der Waals surface area (Å²) >= 11 is 0. The van der Waals surface area contributed by atoms with Crippen LogP contribution in [0.3, 0.4) is 0 Å². The molecule has 16 atom stereocenters. The van der Waals surface area contributed by atoms with E-state index in [9.17, 15) is 57.5 Å². The molecule has 2 N–H and O–H groups in total. The fraction of sp³-hybridized carbons (Fsp3) is 0.657. The van der Waals surface area contributed by atoms with Crippen molar-refractivity contribution < 1.29 is 92.3 Å². The molecule has 2 aromatic rings. The number of ether oxygens (including phenoxy) is 6. The zero-order valence-corrected chi connectivity index (χ0v) is 62.1. The summed E-state index contributed by atoms with van der Waals surface area (Å²) in [6, 6.07) is 11.2. The second-order valence-electron chi connectivity index (χ2n) is 24.4. The molecule has 554 valence electrons. The number of benzene rings is 2. The highest BCUT2D eigenvalue weighted by Gasteiger charge is 2.45. The average Bonchev–Trinajstić information content (AvgIpc) is 0.819. The second kappa shape index (κ2) is 43.7. The minimum absolute atomic E-state index is 0. The van der Waals surface area contributed by atoms with E-state index in [1.165, 1.54) is 110 Å². The first-order valence-corrected chi connectivity index (χ1v) is 33.4. The van der Waals surface area contributed by atoms with Crippen molar-refractivity contribution in [3.63, 3.8) is 0 Å². The average molecular weight is 1390 g/mol. The van der Waals surface area contributed by atoms with E-state index in [0.717, 1.165) is 16.8 Å². The number of likely N-dealkylation sites (N-methyl/N-ethyl adjacent to an activating group) is 6. The lowest BCUT2D eigenvalue weighted by molar-refractivity contribution is -0.445. The first-order chi connectivity index (χ1) is 45.9. The smallest absolute Gasteiger partial charge is 0.329 e. The summed E-state index contributed by atoms with van der Waals surface area (Å²) in [5.74, 6) is -10.5. The molecule has 2 heterocycles. The van der Waals surface area contributed by atoms with E-state index in [1.807, 2.05) is 53.7 Å². The van der Waals surface area contributed by atoms with Crippen molar-refractivity contribution in [2.24, 2.45) is 29.4 Å². The normalized spacial score (nSPS) is 26.2. The number of nitrogens with two attached hydrogens (primary N) is 1. The predicted octanol–water partition coefficient (Wildman–Crippen LogP) is 5.96. The molecule has 0 radical (unpaired) electrons. The van der Waals surface area contributed by atoms with Crippen molar-refractivity contribution in [3.8, 4) is 0 Å². The van der Waals surface area contributed by atoms with Crippen LogP contribution < -0.4 is 5.73 Å². The van der Waals surface area contributed by atoms with E-state index in [0.29, 0.717) is 36.8 Å². The number of rotatable bonds is 12. The molecule has 2 aromatic carbocycles. The fourth-order valence-electron chi connectivity index (χ4n) is 10.5. The summed E-state index contributed by atoms with van der Waals surface area (Å²) in [6.07, 6.45) is -5.91. The van der Waals surface area contributed by atoms with Gasteiger partial charge in [-0.1, -0.05) is 156 Å². The Morgan fingerprint density at radius 1 is 0.388 bits per heavy atom. The Morgan fingerprint density at radius 3 is 0.806 bits per heavy atom. The molecule has 2 aliphatic heterocycles. The third-order valence-electron chi connectivity index (χ3n) is 17.5. The molecule has 0 saturated carbocycles. The van der Waals surface area contributed by atoms with Crippen LogP contribution in [0, 0.1) is 33.8 Å². The number of nitro groups is 1. The first kappa shape index (κ1) is 89.4. The number of hydrogen-bond acceptors (Lipinski definition) is 21. The number of nitrogens with zero attached hydrogens (tertiary/aromatic N) is 7. The summed E-state index contributed by atoms with van der Waals surface area (Å²) in [4.78, 5) is 178. The topological polar surface area (TPSA) is 349 Å². The van der Waals surface area contributed by atoms with Gasteiger partial charge in [0.15, 0.2) is 43.7 Å². The molecule has 4 rings (SSSR count). The van der Waals surface area contributed by atoms with Crippen LogP contribution in [-0.4, -0.2) is 235 Å². The van der Waals surface area contributed by atoms with Crippen LogP contribution in [0.1, 0.15) is 149 Å². The number of hydrogen-bond donors (Lipinski definition) is 1. The summed E-state index contributed by atoms with van der Waals surface area (Å²) in [5, 5.41) is 8.81. The molecule has 6 amide bonds. The number of carbonyl (C=O) groups excluding carboxylic acids is 12. The Labute approximate surface area is 580 Å². The van der Waals surface area contributed by atoms with Crippen molar-refractivity contribution in [3.05, 3.63) is 81.9 Å². The Hall–Kier alpha value is -8.56. The van der Waals surface area contributed by atoms with Crippen molar-refractivity contribution in [1.29, 1.82) is 0 Å². The second-order valence-corrected chi connectivity index (χ2v) is 24.4. The van der Waals surface area contributed by atoms with Gasteiger partial charge in [0.05, 0.1) is 0 Å². The summed E-state index contributed by atoms with van der Waals surface area (Å²) < 4.78 is 33.8. The highest BCUT2D eigenvalue weighted by Crippen LogP contribution is 2.26. The van der Waals surface area contributed by atoms with Gasteiger partial charge in [-0.15, -0.1) is 0 Å². The van der Waals surface area contributed by atoms with E-state index >= 15 is 0 Å². The molecule has 2 saturated heterocycles. The van der Waals surface area contributed by atoms with Gasteiger partial charge < -0.3 is 63.6 Å². The van der Waals surface area contributed by atoms with Gasteiger partial charge in [0.1, 0.15) is 36.3 Å². The van der Waals surface area contributed by atoms with Gasteiger partial charge in [0, 0.05) is 61.5 Å². The van der Waals surface area contributed by atoms with Crippen LogP contribution in [0.25, 0.3) is 0 Å². The quantitative estimate of drug-likeness (QED) is 0.111. The highest BCUT2D eigenvalue weighted by atomic mass is 16.6. The van der Waals surface area contributed by atoms with Crippen LogP contribution >= 0.6 is 0 Å². The van der Waals surface area contributed by atoms with E-state index in [4.69, 9.17) is 38.5 Å². The summed E-state index contributed by atoms with van der Waals surface area (Å²) in [5.41, 5.74) is 5.92. The molecule has 0 spiro atoms. The molecule has 28 heteroatoms. The van der Waals surface area contributed by atoms with E-state index in [-0.39, 0.29) is 14.3 Å². The van der Waals surface area contributed by atoms with Crippen LogP contribution in [0.2, 0.25) is 0 Å². The van der Waals surface area contributed by atoms with Crippen molar-refractivity contribution in [1.82, 2.24) is 29.4 Å². The summed E-state index contributed by atoms with van der Waals surface area (Å²) in [6.45, 7) is 26.8. The van der Waals surface area contributed by atoms with Crippen molar-refractivity contribution in [2.75, 3.05) is 56.4 Å². The number of carbonyl (C=O) groups is 12. The van der Waals surface area contributed by atoms with Gasteiger partial charge >= 0.3 is 35.8 Å². The maximum Gasteiger partial charge on any atom is 0.329 e. The largest absolute Gasteiger partial charge is 0.451 e. The third kappa shape index (κ3) is 25.7. The Morgan fingerprint density at radius 2 is 0.582 bits per heavy atom. The monoisotopic (exact) mass is 1390 g/mol. The minimum atomic E-state index is -1.35. The minimum Gasteiger partial charge on any atom is -0.451 e. The molecular formula is C70H114N8O20.